The van der Waals surface area contributed by atoms with Gasteiger partial charge in [0.25, 0.3) is 0 Å². The number of carbonyl (C=O) groups is 1. The highest BCUT2D eigenvalue weighted by Gasteiger charge is 2.29. The number of carbonyl (C=O) groups excluding carboxylic acids is 1. The molecule has 1 atom stereocenters. The van der Waals surface area contributed by atoms with Crippen molar-refractivity contribution in [1.29, 1.82) is 0 Å². The Balaban J connectivity index is 2.21. The van der Waals surface area contributed by atoms with Crippen molar-refractivity contribution in [3.05, 3.63) is 29.8 Å². The smallest absolute Gasteiger partial charge is 0.228 e. The van der Waals surface area contributed by atoms with Gasteiger partial charge >= 0.3 is 0 Å². The summed E-state index contributed by atoms with van der Waals surface area (Å²) in [6.07, 6.45) is 5.86. The van der Waals surface area contributed by atoms with E-state index in [1.54, 1.807) is 4.90 Å². The Kier molecular flexibility index (Phi) is 3.17. The first-order valence-corrected chi connectivity index (χ1v) is 6.29. The monoisotopic (exact) mass is 241 g/mol. The normalized spacial score (nSPS) is 20.0. The standard InChI is InChI=1S/C16H19NO/c1-5-12-10-15(18)17(11-12)14-8-6-13(7-9-14)16(2,3)4/h1,6-9,12H,10-11H2,2-4H3. The highest BCUT2D eigenvalue weighted by atomic mass is 16.2. The predicted molar refractivity (Wildman–Crippen MR) is 74.4 cm³/mol. The van der Waals surface area contributed by atoms with Gasteiger partial charge in [-0.1, -0.05) is 32.9 Å². The molecule has 2 nitrogen and oxygen atoms in total. The van der Waals surface area contributed by atoms with Gasteiger partial charge in [0.05, 0.1) is 0 Å². The zero-order chi connectivity index (χ0) is 13.3. The summed E-state index contributed by atoms with van der Waals surface area (Å²) in [7, 11) is 0. The third kappa shape index (κ3) is 2.41. The molecule has 94 valence electrons. The molecule has 1 unspecified atom stereocenters. The fourth-order valence-electron chi connectivity index (χ4n) is 2.21. The maximum Gasteiger partial charge on any atom is 0.228 e. The van der Waals surface area contributed by atoms with E-state index in [0.29, 0.717) is 13.0 Å². The molecule has 0 bridgehead atoms. The molecule has 1 heterocycles. The van der Waals surface area contributed by atoms with Crippen LogP contribution >= 0.6 is 0 Å². The van der Waals surface area contributed by atoms with Gasteiger partial charge in [-0.25, -0.2) is 0 Å². The van der Waals surface area contributed by atoms with E-state index in [2.05, 4.69) is 38.8 Å². The second-order valence-corrected chi connectivity index (χ2v) is 5.87. The first kappa shape index (κ1) is 12.7. The van der Waals surface area contributed by atoms with Crippen molar-refractivity contribution in [3.63, 3.8) is 0 Å². The average Bonchev–Trinajstić information content (AvgIpc) is 2.70. The van der Waals surface area contributed by atoms with E-state index in [4.69, 9.17) is 6.42 Å². The van der Waals surface area contributed by atoms with Gasteiger partial charge in [0.2, 0.25) is 5.91 Å². The molecule has 1 amide bonds. The van der Waals surface area contributed by atoms with Gasteiger partial charge in [0.1, 0.15) is 0 Å². The van der Waals surface area contributed by atoms with Crippen LogP contribution < -0.4 is 4.90 Å². The van der Waals surface area contributed by atoms with Crippen LogP contribution in [0.2, 0.25) is 0 Å². The van der Waals surface area contributed by atoms with E-state index in [1.165, 1.54) is 5.56 Å². The zero-order valence-electron chi connectivity index (χ0n) is 11.2. The summed E-state index contributed by atoms with van der Waals surface area (Å²) in [4.78, 5) is 13.6. The van der Waals surface area contributed by atoms with Crippen LogP contribution in [-0.2, 0) is 10.2 Å². The topological polar surface area (TPSA) is 20.3 Å². The molecule has 1 aromatic carbocycles. The van der Waals surface area contributed by atoms with Gasteiger partial charge in [0.15, 0.2) is 0 Å². The molecule has 0 spiro atoms. The van der Waals surface area contributed by atoms with Crippen LogP contribution in [0, 0.1) is 18.3 Å². The van der Waals surface area contributed by atoms with Gasteiger partial charge in [-0.3, -0.25) is 4.79 Å². The number of benzene rings is 1. The zero-order valence-corrected chi connectivity index (χ0v) is 11.2. The number of terminal acetylenes is 1. The maximum atomic E-state index is 11.9. The van der Waals surface area contributed by atoms with Gasteiger partial charge in [0, 0.05) is 24.6 Å². The molecule has 1 aliphatic rings. The van der Waals surface area contributed by atoms with Crippen LogP contribution in [0.3, 0.4) is 0 Å². The fraction of sp³-hybridized carbons (Fsp3) is 0.438. The van der Waals surface area contributed by atoms with Crippen LogP contribution in [0.4, 0.5) is 5.69 Å². The van der Waals surface area contributed by atoms with Gasteiger partial charge in [-0.15, -0.1) is 12.3 Å². The Morgan fingerprint density at radius 1 is 1.28 bits per heavy atom. The van der Waals surface area contributed by atoms with E-state index in [9.17, 15) is 4.79 Å². The van der Waals surface area contributed by atoms with Crippen molar-refractivity contribution in [2.24, 2.45) is 5.92 Å². The number of rotatable bonds is 1. The summed E-state index contributed by atoms with van der Waals surface area (Å²) < 4.78 is 0. The maximum absolute atomic E-state index is 11.9. The molecule has 1 aliphatic heterocycles. The van der Waals surface area contributed by atoms with E-state index in [-0.39, 0.29) is 17.2 Å². The van der Waals surface area contributed by atoms with E-state index >= 15 is 0 Å². The number of hydrogen-bond donors (Lipinski definition) is 0. The summed E-state index contributed by atoms with van der Waals surface area (Å²) >= 11 is 0. The number of amides is 1. The molecule has 2 rings (SSSR count). The summed E-state index contributed by atoms with van der Waals surface area (Å²) in [5.74, 6) is 2.85. The van der Waals surface area contributed by atoms with Crippen LogP contribution in [0.15, 0.2) is 24.3 Å². The van der Waals surface area contributed by atoms with Crippen LogP contribution in [0.25, 0.3) is 0 Å². The SMILES string of the molecule is C#CC1CC(=O)N(c2ccc(C(C)(C)C)cc2)C1. The van der Waals surface area contributed by atoms with Gasteiger partial charge in [-0.2, -0.15) is 0 Å². The van der Waals surface area contributed by atoms with Crippen molar-refractivity contribution in [1.82, 2.24) is 0 Å². The Morgan fingerprint density at radius 2 is 1.89 bits per heavy atom. The van der Waals surface area contributed by atoms with Crippen molar-refractivity contribution < 1.29 is 4.79 Å². The average molecular weight is 241 g/mol. The first-order chi connectivity index (χ1) is 8.41. The van der Waals surface area contributed by atoms with Crippen molar-refractivity contribution in [2.75, 3.05) is 11.4 Å². The second-order valence-electron chi connectivity index (χ2n) is 5.87. The lowest BCUT2D eigenvalue weighted by Gasteiger charge is -2.21. The minimum atomic E-state index is 0.0554. The fourth-order valence-corrected chi connectivity index (χ4v) is 2.21. The molecule has 1 aromatic rings. The lowest BCUT2D eigenvalue weighted by molar-refractivity contribution is -0.117. The molecule has 18 heavy (non-hydrogen) atoms. The Bertz CT molecular complexity index is 487. The van der Waals surface area contributed by atoms with E-state index in [1.807, 2.05) is 12.1 Å². The van der Waals surface area contributed by atoms with Crippen LogP contribution in [0.1, 0.15) is 32.8 Å². The minimum Gasteiger partial charge on any atom is -0.311 e. The summed E-state index contributed by atoms with van der Waals surface area (Å²) in [5.41, 5.74) is 2.35. The number of hydrogen-bond acceptors (Lipinski definition) is 1. The number of anilines is 1. The largest absolute Gasteiger partial charge is 0.311 e. The third-order valence-corrected chi connectivity index (χ3v) is 3.41. The minimum absolute atomic E-state index is 0.0554. The Morgan fingerprint density at radius 3 is 2.33 bits per heavy atom. The first-order valence-electron chi connectivity index (χ1n) is 6.29. The lowest BCUT2D eigenvalue weighted by atomic mass is 9.87. The molecule has 0 radical (unpaired) electrons. The molecule has 0 N–H and O–H groups in total. The quantitative estimate of drug-likeness (QED) is 0.692. The molecule has 0 aromatic heterocycles. The molecular weight excluding hydrogens is 222 g/mol. The Hall–Kier alpha value is -1.75. The predicted octanol–water partition coefficient (Wildman–Crippen LogP) is 2.97. The summed E-state index contributed by atoms with van der Waals surface area (Å²) in [5, 5.41) is 0. The third-order valence-electron chi connectivity index (χ3n) is 3.41. The second kappa shape index (κ2) is 4.49. The van der Waals surface area contributed by atoms with Crippen LogP contribution in [-0.4, -0.2) is 12.5 Å². The van der Waals surface area contributed by atoms with E-state index < -0.39 is 0 Å². The summed E-state index contributed by atoms with van der Waals surface area (Å²) in [6, 6.07) is 8.20. The molecule has 0 aliphatic carbocycles. The van der Waals surface area contributed by atoms with Gasteiger partial charge < -0.3 is 4.90 Å². The molecule has 2 heteroatoms. The molecule has 0 saturated carbocycles. The Labute approximate surface area is 109 Å². The lowest BCUT2D eigenvalue weighted by Crippen LogP contribution is -2.24. The van der Waals surface area contributed by atoms with E-state index in [0.717, 1.165) is 5.69 Å². The van der Waals surface area contributed by atoms with Gasteiger partial charge in [-0.05, 0) is 23.1 Å². The highest BCUT2D eigenvalue weighted by Crippen LogP contribution is 2.28. The summed E-state index contributed by atoms with van der Waals surface area (Å²) in [6.45, 7) is 7.18. The van der Waals surface area contributed by atoms with Crippen molar-refractivity contribution in [3.8, 4) is 12.3 Å². The van der Waals surface area contributed by atoms with Crippen LogP contribution in [0.5, 0.6) is 0 Å². The highest BCUT2D eigenvalue weighted by molar-refractivity contribution is 5.96. The van der Waals surface area contributed by atoms with Crippen molar-refractivity contribution in [2.45, 2.75) is 32.6 Å². The molecular formula is C16H19NO. The van der Waals surface area contributed by atoms with Crippen molar-refractivity contribution >= 4 is 11.6 Å². The number of nitrogens with zero attached hydrogens (tertiary/aromatic N) is 1. The molecule has 1 saturated heterocycles. The molecule has 1 fully saturated rings.